The lowest BCUT2D eigenvalue weighted by molar-refractivity contribution is 0.124. The summed E-state index contributed by atoms with van der Waals surface area (Å²) in [6.45, 7) is 3.75. The number of hydrogen-bond donors (Lipinski definition) is 1. The first-order valence-corrected chi connectivity index (χ1v) is 5.51. The van der Waals surface area contributed by atoms with Crippen LogP contribution in [0.15, 0.2) is 12.4 Å². The van der Waals surface area contributed by atoms with Gasteiger partial charge in [0.2, 0.25) is 0 Å². The van der Waals surface area contributed by atoms with Crippen LogP contribution in [0.1, 0.15) is 31.6 Å². The molecule has 0 aromatic carbocycles. The first-order valence-electron chi connectivity index (χ1n) is 5.51. The van der Waals surface area contributed by atoms with Crippen molar-refractivity contribution in [2.45, 2.75) is 25.8 Å². The van der Waals surface area contributed by atoms with Crippen LogP contribution in [0.3, 0.4) is 0 Å². The van der Waals surface area contributed by atoms with Crippen molar-refractivity contribution in [1.82, 2.24) is 14.9 Å². The van der Waals surface area contributed by atoms with E-state index >= 15 is 0 Å². The Bertz CT molecular complexity index is 273. The maximum atomic E-state index is 5.48. The summed E-state index contributed by atoms with van der Waals surface area (Å²) in [7, 11) is 3.97. The second-order valence-corrected chi connectivity index (χ2v) is 3.64. The van der Waals surface area contributed by atoms with Gasteiger partial charge in [-0.2, -0.15) is 0 Å². The molecule has 0 saturated carbocycles. The lowest BCUT2D eigenvalue weighted by atomic mass is 10.2. The zero-order chi connectivity index (χ0) is 11.1. The monoisotopic (exact) mass is 211 g/mol. The van der Waals surface area contributed by atoms with Gasteiger partial charge in [0.1, 0.15) is 5.82 Å². The number of aryl methyl sites for hydroxylation is 1. The van der Waals surface area contributed by atoms with Crippen LogP contribution in [0.25, 0.3) is 0 Å². The molecule has 1 atom stereocenters. The number of ether oxygens (including phenoxy) is 1. The topological polar surface area (TPSA) is 39.1 Å². The molecule has 0 aliphatic heterocycles. The molecule has 1 aromatic rings. The zero-order valence-electron chi connectivity index (χ0n) is 9.86. The molecule has 0 bridgehead atoms. The summed E-state index contributed by atoms with van der Waals surface area (Å²) in [6, 6.07) is 0.279. The predicted molar refractivity (Wildman–Crippen MR) is 60.7 cm³/mol. The van der Waals surface area contributed by atoms with E-state index in [1.165, 1.54) is 0 Å². The summed E-state index contributed by atoms with van der Waals surface area (Å²) in [4.78, 5) is 4.33. The lowest BCUT2D eigenvalue weighted by Crippen LogP contribution is -2.21. The van der Waals surface area contributed by atoms with Crippen molar-refractivity contribution in [3.05, 3.63) is 18.2 Å². The predicted octanol–water partition coefficient (Wildman–Crippen LogP) is 1.50. The minimum atomic E-state index is 0.279. The zero-order valence-corrected chi connectivity index (χ0v) is 9.86. The van der Waals surface area contributed by atoms with Crippen LogP contribution >= 0.6 is 0 Å². The van der Waals surface area contributed by atoms with Gasteiger partial charge < -0.3 is 14.6 Å². The van der Waals surface area contributed by atoms with Crippen LogP contribution in [0.2, 0.25) is 0 Å². The molecule has 0 aliphatic carbocycles. The smallest absolute Gasteiger partial charge is 0.125 e. The molecule has 4 heteroatoms. The summed E-state index contributed by atoms with van der Waals surface area (Å²) < 4.78 is 7.52. The molecule has 0 spiro atoms. The molecule has 1 aromatic heterocycles. The molecule has 1 unspecified atom stereocenters. The third-order valence-corrected chi connectivity index (χ3v) is 2.42. The molecule has 0 saturated heterocycles. The highest BCUT2D eigenvalue weighted by Crippen LogP contribution is 2.13. The van der Waals surface area contributed by atoms with Crippen molar-refractivity contribution in [2.75, 3.05) is 20.3 Å². The van der Waals surface area contributed by atoms with Crippen molar-refractivity contribution < 1.29 is 4.74 Å². The van der Waals surface area contributed by atoms with Crippen molar-refractivity contribution in [2.24, 2.45) is 7.05 Å². The van der Waals surface area contributed by atoms with E-state index in [1.54, 1.807) is 0 Å². The third kappa shape index (κ3) is 3.64. The molecule has 4 nitrogen and oxygen atoms in total. The highest BCUT2D eigenvalue weighted by Gasteiger charge is 2.12. The maximum Gasteiger partial charge on any atom is 0.125 e. The fraction of sp³-hybridized carbons (Fsp3) is 0.727. The Balaban J connectivity index is 2.39. The molecular weight excluding hydrogens is 190 g/mol. The van der Waals surface area contributed by atoms with Gasteiger partial charge in [-0.15, -0.1) is 0 Å². The Morgan fingerprint density at radius 2 is 2.33 bits per heavy atom. The molecule has 1 N–H and O–H groups in total. The highest BCUT2D eigenvalue weighted by atomic mass is 16.5. The van der Waals surface area contributed by atoms with Crippen LogP contribution in [0, 0.1) is 0 Å². The summed E-state index contributed by atoms with van der Waals surface area (Å²) in [5.41, 5.74) is 0. The molecule has 1 heterocycles. The number of nitrogens with zero attached hydrogens (tertiary/aromatic N) is 2. The Morgan fingerprint density at radius 3 is 2.87 bits per heavy atom. The van der Waals surface area contributed by atoms with Crippen LogP contribution in [-0.4, -0.2) is 29.8 Å². The minimum Gasteiger partial charge on any atom is -0.381 e. The quantitative estimate of drug-likeness (QED) is 0.695. The molecule has 15 heavy (non-hydrogen) atoms. The fourth-order valence-electron chi connectivity index (χ4n) is 1.56. The largest absolute Gasteiger partial charge is 0.381 e. The van der Waals surface area contributed by atoms with E-state index in [4.69, 9.17) is 4.74 Å². The van der Waals surface area contributed by atoms with E-state index in [2.05, 4.69) is 17.2 Å². The first-order chi connectivity index (χ1) is 7.29. The van der Waals surface area contributed by atoms with Gasteiger partial charge in [-0.25, -0.2) is 4.98 Å². The first kappa shape index (κ1) is 12.2. The van der Waals surface area contributed by atoms with E-state index in [-0.39, 0.29) is 6.04 Å². The van der Waals surface area contributed by atoms with Gasteiger partial charge in [-0.1, -0.05) is 6.92 Å². The van der Waals surface area contributed by atoms with Gasteiger partial charge in [-0.05, 0) is 19.9 Å². The van der Waals surface area contributed by atoms with E-state index in [9.17, 15) is 0 Å². The fourth-order valence-corrected chi connectivity index (χ4v) is 1.56. The van der Waals surface area contributed by atoms with Crippen LogP contribution in [0.5, 0.6) is 0 Å². The van der Waals surface area contributed by atoms with Crippen LogP contribution < -0.4 is 5.32 Å². The number of hydrogen-bond acceptors (Lipinski definition) is 3. The summed E-state index contributed by atoms with van der Waals surface area (Å²) in [5, 5.41) is 3.26. The number of nitrogens with one attached hydrogen (secondary N) is 1. The van der Waals surface area contributed by atoms with Gasteiger partial charge >= 0.3 is 0 Å². The standard InChI is InChI=1S/C11H21N3O/c1-4-8-15-9-5-10(12-2)11-13-6-7-14(11)3/h6-7,10,12H,4-5,8-9H2,1-3H3. The lowest BCUT2D eigenvalue weighted by Gasteiger charge is -2.15. The maximum absolute atomic E-state index is 5.48. The van der Waals surface area contributed by atoms with E-state index in [1.807, 2.05) is 31.1 Å². The Hall–Kier alpha value is -0.870. The van der Waals surface area contributed by atoms with Gasteiger partial charge in [0.05, 0.1) is 6.04 Å². The van der Waals surface area contributed by atoms with Crippen molar-refractivity contribution >= 4 is 0 Å². The van der Waals surface area contributed by atoms with Crippen molar-refractivity contribution in [3.63, 3.8) is 0 Å². The summed E-state index contributed by atoms with van der Waals surface area (Å²) >= 11 is 0. The molecule has 0 radical (unpaired) electrons. The van der Waals surface area contributed by atoms with Crippen LogP contribution in [-0.2, 0) is 11.8 Å². The van der Waals surface area contributed by atoms with Gasteiger partial charge in [0.25, 0.3) is 0 Å². The third-order valence-electron chi connectivity index (χ3n) is 2.42. The van der Waals surface area contributed by atoms with Crippen molar-refractivity contribution in [3.8, 4) is 0 Å². The molecule has 0 amide bonds. The van der Waals surface area contributed by atoms with Gasteiger partial charge in [0, 0.05) is 32.7 Å². The Kier molecular flexibility index (Phi) is 5.36. The highest BCUT2D eigenvalue weighted by molar-refractivity contribution is 4.98. The summed E-state index contributed by atoms with van der Waals surface area (Å²) in [5.74, 6) is 1.07. The second-order valence-electron chi connectivity index (χ2n) is 3.64. The molecule has 1 rings (SSSR count). The number of aromatic nitrogens is 2. The van der Waals surface area contributed by atoms with E-state index in [0.717, 1.165) is 31.9 Å². The number of rotatable bonds is 7. The molecule has 0 fully saturated rings. The van der Waals surface area contributed by atoms with Gasteiger partial charge in [0.15, 0.2) is 0 Å². The second kappa shape index (κ2) is 6.58. The molecular formula is C11H21N3O. The average Bonchev–Trinajstić information content (AvgIpc) is 2.65. The molecule has 0 aliphatic rings. The average molecular weight is 211 g/mol. The van der Waals surface area contributed by atoms with E-state index in [0.29, 0.717) is 0 Å². The van der Waals surface area contributed by atoms with Gasteiger partial charge in [-0.3, -0.25) is 0 Å². The normalized spacial score (nSPS) is 13.0. The minimum absolute atomic E-state index is 0.279. The van der Waals surface area contributed by atoms with Crippen LogP contribution in [0.4, 0.5) is 0 Å². The summed E-state index contributed by atoms with van der Waals surface area (Å²) in [6.07, 6.45) is 5.83. The SMILES string of the molecule is CCCOCCC(NC)c1nccn1C. The van der Waals surface area contributed by atoms with Crippen molar-refractivity contribution in [1.29, 1.82) is 0 Å². The Morgan fingerprint density at radius 1 is 1.53 bits per heavy atom. The van der Waals surface area contributed by atoms with E-state index < -0.39 is 0 Å². The molecule has 86 valence electrons. The number of imidazole rings is 1. The Labute approximate surface area is 91.7 Å².